The number of H-pyrrole nitrogens is 2. The highest BCUT2D eigenvalue weighted by atomic mass is 79.9. The summed E-state index contributed by atoms with van der Waals surface area (Å²) in [6.07, 6.45) is 0. The number of halogens is 1. The van der Waals surface area contributed by atoms with Gasteiger partial charge in [0.25, 0.3) is 0 Å². The molecular formula is C20H16BrN3O5S. The average Bonchev–Trinajstić information content (AvgIpc) is 3.17. The van der Waals surface area contributed by atoms with E-state index < -0.39 is 21.1 Å². The largest absolute Gasteiger partial charge is 0.460 e. The number of nitrogens with zero attached hydrogens (tertiary/aromatic N) is 1. The zero-order valence-electron chi connectivity index (χ0n) is 15.7. The van der Waals surface area contributed by atoms with Crippen LogP contribution in [0.2, 0.25) is 0 Å². The van der Waals surface area contributed by atoms with Crippen LogP contribution in [-0.4, -0.2) is 29.7 Å². The first kappa shape index (κ1) is 20.3. The second-order valence-electron chi connectivity index (χ2n) is 6.65. The molecule has 0 fully saturated rings. The molecular weight excluding hydrogens is 474 g/mol. The third kappa shape index (κ3) is 3.89. The van der Waals surface area contributed by atoms with Crippen LogP contribution in [0.25, 0.3) is 22.4 Å². The first-order chi connectivity index (χ1) is 14.2. The lowest BCUT2D eigenvalue weighted by Gasteiger charge is -2.16. The number of benzene rings is 2. The molecule has 4 aromatic rings. The molecule has 0 amide bonds. The summed E-state index contributed by atoms with van der Waals surface area (Å²) in [5.41, 5.74) is -0.200. The maximum Gasteiger partial charge on any atom is 0.314 e. The highest BCUT2D eigenvalue weighted by Crippen LogP contribution is 2.26. The Labute approximate surface area is 179 Å². The number of hydrogen-bond donors (Lipinski definition) is 2. The van der Waals surface area contributed by atoms with Gasteiger partial charge >= 0.3 is 11.1 Å². The second-order valence-corrected chi connectivity index (χ2v) is 9.61. The molecule has 2 N–H and O–H groups in total. The van der Waals surface area contributed by atoms with Crippen molar-refractivity contribution in [2.75, 3.05) is 7.05 Å². The molecule has 2 heterocycles. The molecule has 0 bridgehead atoms. The van der Waals surface area contributed by atoms with Crippen LogP contribution in [0.1, 0.15) is 5.76 Å². The number of fused-ring (bicyclic) bond motifs is 1. The summed E-state index contributed by atoms with van der Waals surface area (Å²) in [4.78, 5) is 27.7. The Morgan fingerprint density at radius 1 is 0.933 bits per heavy atom. The van der Waals surface area contributed by atoms with Gasteiger partial charge in [-0.2, -0.15) is 4.31 Å². The van der Waals surface area contributed by atoms with Crippen molar-refractivity contribution in [3.05, 3.63) is 85.5 Å². The first-order valence-corrected chi connectivity index (χ1v) is 11.0. The second kappa shape index (κ2) is 7.71. The summed E-state index contributed by atoms with van der Waals surface area (Å²) in [7, 11) is -2.42. The number of aromatic nitrogens is 2. The normalized spacial score (nSPS) is 12.0. The molecule has 8 nitrogen and oxygen atoms in total. The van der Waals surface area contributed by atoms with Crippen molar-refractivity contribution in [3.63, 3.8) is 0 Å². The summed E-state index contributed by atoms with van der Waals surface area (Å²) in [6, 6.07) is 15.2. The van der Waals surface area contributed by atoms with Crippen molar-refractivity contribution in [3.8, 4) is 11.3 Å². The van der Waals surface area contributed by atoms with Gasteiger partial charge in [0.1, 0.15) is 11.5 Å². The van der Waals surface area contributed by atoms with Gasteiger partial charge in [-0.1, -0.05) is 28.1 Å². The van der Waals surface area contributed by atoms with E-state index in [9.17, 15) is 18.0 Å². The standard InChI is InChI=1S/C20H16BrN3O5S/c1-24(11-14-6-9-18(29-14)12-2-4-13(21)5-3-12)30(27,28)15-7-8-16-17(10-15)23-20(26)19(25)22-16/h2-10H,11H2,1H3,(H,22,25)(H,23,26). The van der Waals surface area contributed by atoms with Crippen molar-refractivity contribution in [2.24, 2.45) is 0 Å². The molecule has 0 spiro atoms. The quantitative estimate of drug-likeness (QED) is 0.417. The highest BCUT2D eigenvalue weighted by Gasteiger charge is 2.23. The minimum absolute atomic E-state index is 0.0140. The molecule has 0 unspecified atom stereocenters. The Kier molecular flexibility index (Phi) is 5.22. The van der Waals surface area contributed by atoms with Gasteiger partial charge in [-0.15, -0.1) is 0 Å². The van der Waals surface area contributed by atoms with Crippen molar-refractivity contribution < 1.29 is 12.8 Å². The van der Waals surface area contributed by atoms with E-state index in [1.54, 1.807) is 12.1 Å². The van der Waals surface area contributed by atoms with E-state index in [0.29, 0.717) is 17.0 Å². The van der Waals surface area contributed by atoms with Crippen molar-refractivity contribution >= 4 is 37.0 Å². The summed E-state index contributed by atoms with van der Waals surface area (Å²) in [5, 5.41) is 0. The summed E-state index contributed by atoms with van der Waals surface area (Å²) >= 11 is 3.38. The van der Waals surface area contributed by atoms with E-state index >= 15 is 0 Å². The molecule has 4 rings (SSSR count). The zero-order chi connectivity index (χ0) is 21.5. The molecule has 0 atom stereocenters. The number of furan rings is 1. The third-order valence-corrected chi connectivity index (χ3v) is 6.90. The van der Waals surface area contributed by atoms with Crippen LogP contribution in [0.15, 0.2) is 78.0 Å². The van der Waals surface area contributed by atoms with Gasteiger partial charge in [-0.25, -0.2) is 8.42 Å². The zero-order valence-corrected chi connectivity index (χ0v) is 18.1. The van der Waals surface area contributed by atoms with Crippen LogP contribution in [0.4, 0.5) is 0 Å². The van der Waals surface area contributed by atoms with E-state index in [2.05, 4.69) is 25.9 Å². The molecule has 0 saturated carbocycles. The summed E-state index contributed by atoms with van der Waals surface area (Å²) in [5.74, 6) is 1.12. The number of hydrogen-bond acceptors (Lipinski definition) is 5. The van der Waals surface area contributed by atoms with Crippen LogP contribution >= 0.6 is 15.9 Å². The number of rotatable bonds is 5. The van der Waals surface area contributed by atoms with Gasteiger partial charge in [0.05, 0.1) is 22.5 Å². The minimum atomic E-state index is -3.86. The van der Waals surface area contributed by atoms with Gasteiger partial charge in [0, 0.05) is 17.1 Å². The van der Waals surface area contributed by atoms with Crippen LogP contribution in [0.3, 0.4) is 0 Å². The Hall–Kier alpha value is -2.95. The molecule has 2 aromatic heterocycles. The number of aromatic amines is 2. The predicted molar refractivity (Wildman–Crippen MR) is 116 cm³/mol. The molecule has 2 aromatic carbocycles. The monoisotopic (exact) mass is 489 g/mol. The minimum Gasteiger partial charge on any atom is -0.460 e. The smallest absolute Gasteiger partial charge is 0.314 e. The van der Waals surface area contributed by atoms with Crippen molar-refractivity contribution in [1.29, 1.82) is 0 Å². The van der Waals surface area contributed by atoms with E-state index in [1.165, 1.54) is 25.2 Å². The fraction of sp³-hybridized carbons (Fsp3) is 0.100. The Balaban J connectivity index is 1.60. The maximum atomic E-state index is 13.0. The van der Waals surface area contributed by atoms with Crippen LogP contribution in [-0.2, 0) is 16.6 Å². The molecule has 0 aliphatic rings. The highest BCUT2D eigenvalue weighted by molar-refractivity contribution is 9.10. The Morgan fingerprint density at radius 3 is 2.30 bits per heavy atom. The van der Waals surface area contributed by atoms with Crippen LogP contribution in [0.5, 0.6) is 0 Å². The third-order valence-electron chi connectivity index (χ3n) is 4.57. The Morgan fingerprint density at radius 2 is 1.60 bits per heavy atom. The van der Waals surface area contributed by atoms with Gasteiger partial charge in [-0.05, 0) is 42.5 Å². The fourth-order valence-corrected chi connectivity index (χ4v) is 4.40. The van der Waals surface area contributed by atoms with Crippen LogP contribution in [0, 0.1) is 0 Å². The van der Waals surface area contributed by atoms with E-state index in [1.807, 2.05) is 24.3 Å². The van der Waals surface area contributed by atoms with E-state index in [-0.39, 0.29) is 17.0 Å². The van der Waals surface area contributed by atoms with Gasteiger partial charge in [0.2, 0.25) is 10.0 Å². The van der Waals surface area contributed by atoms with Gasteiger partial charge in [0.15, 0.2) is 0 Å². The number of sulfonamides is 1. The fourth-order valence-electron chi connectivity index (χ4n) is 2.97. The van der Waals surface area contributed by atoms with E-state index in [4.69, 9.17) is 4.42 Å². The molecule has 30 heavy (non-hydrogen) atoms. The maximum absolute atomic E-state index is 13.0. The number of nitrogens with one attached hydrogen (secondary N) is 2. The Bertz CT molecular complexity index is 1450. The lowest BCUT2D eigenvalue weighted by molar-refractivity contribution is 0.410. The SMILES string of the molecule is CN(Cc1ccc(-c2ccc(Br)cc2)o1)S(=O)(=O)c1ccc2[nH]c(=O)c(=O)[nH]c2c1. The van der Waals surface area contributed by atoms with Gasteiger partial charge < -0.3 is 14.4 Å². The average molecular weight is 490 g/mol. The molecule has 0 saturated heterocycles. The van der Waals surface area contributed by atoms with Crippen molar-refractivity contribution in [2.45, 2.75) is 11.4 Å². The topological polar surface area (TPSA) is 116 Å². The molecule has 0 aliphatic carbocycles. The molecule has 0 radical (unpaired) electrons. The molecule has 154 valence electrons. The predicted octanol–water partition coefficient (Wildman–Crippen LogP) is 3.06. The summed E-state index contributed by atoms with van der Waals surface area (Å²) < 4.78 is 33.8. The van der Waals surface area contributed by atoms with E-state index in [0.717, 1.165) is 14.3 Å². The molecule has 10 heteroatoms. The first-order valence-electron chi connectivity index (χ1n) is 8.81. The van der Waals surface area contributed by atoms with Crippen molar-refractivity contribution in [1.82, 2.24) is 14.3 Å². The van der Waals surface area contributed by atoms with Crippen LogP contribution < -0.4 is 11.1 Å². The summed E-state index contributed by atoms with van der Waals surface area (Å²) in [6.45, 7) is 0.0268. The lowest BCUT2D eigenvalue weighted by Crippen LogP contribution is -2.29. The lowest BCUT2D eigenvalue weighted by atomic mass is 10.2. The van der Waals surface area contributed by atoms with Gasteiger partial charge in [-0.3, -0.25) is 9.59 Å². The molecule has 0 aliphatic heterocycles.